The van der Waals surface area contributed by atoms with Crippen LogP contribution in [0.4, 0.5) is 10.1 Å². The molecule has 2 aliphatic rings. The van der Waals surface area contributed by atoms with Gasteiger partial charge in [-0.2, -0.15) is 0 Å². The van der Waals surface area contributed by atoms with Gasteiger partial charge in [0.15, 0.2) is 0 Å². The lowest BCUT2D eigenvalue weighted by Crippen LogP contribution is -2.28. The van der Waals surface area contributed by atoms with Crippen LogP contribution >= 0.6 is 24.0 Å². The maximum Gasteiger partial charge on any atom is 0.238 e. The molecule has 136 valence electrons. The van der Waals surface area contributed by atoms with Gasteiger partial charge in [-0.05, 0) is 59.5 Å². The molecule has 1 heterocycles. The molecule has 0 spiro atoms. The van der Waals surface area contributed by atoms with Crippen LogP contribution in [-0.2, 0) is 4.79 Å². The molecule has 1 saturated heterocycles. The topological polar surface area (TPSA) is 20.3 Å². The van der Waals surface area contributed by atoms with E-state index in [2.05, 4.69) is 18.2 Å². The van der Waals surface area contributed by atoms with E-state index in [0.29, 0.717) is 5.75 Å². The lowest BCUT2D eigenvalue weighted by Gasteiger charge is -2.26. The van der Waals surface area contributed by atoms with Gasteiger partial charge < -0.3 is 0 Å². The van der Waals surface area contributed by atoms with Gasteiger partial charge in [-0.3, -0.25) is 9.69 Å². The van der Waals surface area contributed by atoms with Gasteiger partial charge in [0.25, 0.3) is 0 Å². The molecule has 2 nitrogen and oxygen atoms in total. The van der Waals surface area contributed by atoms with Crippen molar-refractivity contribution in [3.8, 4) is 0 Å². The molecule has 1 aliphatic heterocycles. The molecule has 0 N–H and O–H groups in total. The molecule has 5 heteroatoms. The Kier molecular flexibility index (Phi) is 4.98. The van der Waals surface area contributed by atoms with E-state index in [1.807, 2.05) is 30.0 Å². The first-order valence-electron chi connectivity index (χ1n) is 8.74. The smallest absolute Gasteiger partial charge is 0.238 e. The first-order valence-corrected chi connectivity index (χ1v) is 10.2. The number of rotatable bonds is 3. The Morgan fingerprint density at radius 2 is 1.96 bits per heavy atom. The van der Waals surface area contributed by atoms with Gasteiger partial charge in [-0.15, -0.1) is 11.8 Å². The van der Waals surface area contributed by atoms with Crippen LogP contribution in [0.2, 0.25) is 0 Å². The van der Waals surface area contributed by atoms with E-state index in [1.54, 1.807) is 23.9 Å². The summed E-state index contributed by atoms with van der Waals surface area (Å²) in [5.41, 5.74) is 5.04. The van der Waals surface area contributed by atoms with E-state index < -0.39 is 0 Å². The van der Waals surface area contributed by atoms with Crippen molar-refractivity contribution >= 4 is 46.0 Å². The number of halogens is 1. The van der Waals surface area contributed by atoms with Crippen LogP contribution in [0, 0.1) is 12.7 Å². The maximum absolute atomic E-state index is 13.3. The van der Waals surface area contributed by atoms with E-state index in [0.717, 1.165) is 39.2 Å². The predicted octanol–water partition coefficient (Wildman–Crippen LogP) is 5.63. The van der Waals surface area contributed by atoms with Crippen molar-refractivity contribution < 1.29 is 9.18 Å². The number of benzene rings is 2. The van der Waals surface area contributed by atoms with E-state index in [1.165, 1.54) is 12.1 Å². The highest BCUT2D eigenvalue weighted by Gasteiger charge is 2.34. The number of hydrogen-bond acceptors (Lipinski definition) is 3. The minimum Gasteiger partial charge on any atom is -0.295 e. The zero-order valence-electron chi connectivity index (χ0n) is 14.8. The minimum atomic E-state index is -0.271. The lowest BCUT2D eigenvalue weighted by molar-refractivity contribution is -0.115. The van der Waals surface area contributed by atoms with Gasteiger partial charge in [0.1, 0.15) is 11.2 Å². The van der Waals surface area contributed by atoms with Crippen molar-refractivity contribution in [2.45, 2.75) is 18.7 Å². The Hall–Kier alpha value is -2.24. The van der Waals surface area contributed by atoms with Crippen LogP contribution in [0.25, 0.3) is 5.57 Å². The third-order valence-electron chi connectivity index (χ3n) is 4.75. The molecule has 1 aliphatic carbocycles. The SMILES string of the molecule is Cc1cc(C2=CC(=S)CC=C2)ccc1N1C(=O)CSC1c1ccc(F)cc1. The van der Waals surface area contributed by atoms with E-state index in [9.17, 15) is 9.18 Å². The fourth-order valence-electron chi connectivity index (χ4n) is 3.43. The van der Waals surface area contributed by atoms with Crippen molar-refractivity contribution in [1.29, 1.82) is 0 Å². The number of aryl methyl sites for hydroxylation is 1. The van der Waals surface area contributed by atoms with Crippen molar-refractivity contribution in [3.05, 3.63) is 83.2 Å². The molecule has 2 aromatic carbocycles. The zero-order valence-corrected chi connectivity index (χ0v) is 16.4. The monoisotopic (exact) mass is 395 g/mol. The second kappa shape index (κ2) is 7.41. The second-order valence-electron chi connectivity index (χ2n) is 6.65. The molecule has 2 aromatic rings. The Labute approximate surface area is 167 Å². The van der Waals surface area contributed by atoms with Gasteiger partial charge in [0.2, 0.25) is 5.91 Å². The van der Waals surface area contributed by atoms with Gasteiger partial charge in [0, 0.05) is 17.0 Å². The molecular formula is C22H18FNOS2. The summed E-state index contributed by atoms with van der Waals surface area (Å²) in [5.74, 6) is 0.223. The third kappa shape index (κ3) is 3.62. The van der Waals surface area contributed by atoms with Crippen LogP contribution in [0.3, 0.4) is 0 Å². The second-order valence-corrected chi connectivity index (χ2v) is 8.25. The Morgan fingerprint density at radius 1 is 1.19 bits per heavy atom. The van der Waals surface area contributed by atoms with Crippen molar-refractivity contribution in [2.24, 2.45) is 0 Å². The summed E-state index contributed by atoms with van der Waals surface area (Å²) in [6.45, 7) is 2.02. The number of anilines is 1. The summed E-state index contributed by atoms with van der Waals surface area (Å²) < 4.78 is 13.3. The molecular weight excluding hydrogens is 377 g/mol. The number of carbonyl (C=O) groups excluding carboxylic acids is 1. The number of nitrogens with zero attached hydrogens (tertiary/aromatic N) is 1. The fourth-order valence-corrected chi connectivity index (χ4v) is 4.82. The molecule has 1 amide bonds. The molecule has 4 rings (SSSR count). The van der Waals surface area contributed by atoms with Crippen molar-refractivity contribution in [2.75, 3.05) is 10.7 Å². The number of thioether (sulfide) groups is 1. The fraction of sp³-hybridized carbons (Fsp3) is 0.182. The molecule has 0 aromatic heterocycles. The molecule has 1 fully saturated rings. The number of amides is 1. The molecule has 1 atom stereocenters. The first kappa shape index (κ1) is 18.1. The number of allylic oxidation sites excluding steroid dienone is 4. The highest BCUT2D eigenvalue weighted by atomic mass is 32.2. The molecule has 1 unspecified atom stereocenters. The van der Waals surface area contributed by atoms with Crippen LogP contribution in [0.1, 0.15) is 28.5 Å². The number of hydrogen-bond donors (Lipinski definition) is 0. The van der Waals surface area contributed by atoms with Gasteiger partial charge in [-0.25, -0.2) is 4.39 Å². The summed E-state index contributed by atoms with van der Waals surface area (Å²) in [6.07, 6.45) is 7.01. The quantitative estimate of drug-likeness (QED) is 0.629. The summed E-state index contributed by atoms with van der Waals surface area (Å²) in [4.78, 5) is 15.4. The summed E-state index contributed by atoms with van der Waals surface area (Å²) in [7, 11) is 0. The normalized spacial score (nSPS) is 19.6. The molecule has 0 bridgehead atoms. The summed E-state index contributed by atoms with van der Waals surface area (Å²) in [6, 6.07) is 12.5. The Morgan fingerprint density at radius 3 is 2.67 bits per heavy atom. The third-order valence-corrected chi connectivity index (χ3v) is 6.24. The minimum absolute atomic E-state index is 0.0723. The summed E-state index contributed by atoms with van der Waals surface area (Å²) in [5, 5.41) is -0.135. The van der Waals surface area contributed by atoms with Crippen molar-refractivity contribution in [3.63, 3.8) is 0 Å². The van der Waals surface area contributed by atoms with Gasteiger partial charge in [0.05, 0.1) is 5.75 Å². The lowest BCUT2D eigenvalue weighted by atomic mass is 9.97. The number of thiocarbonyl (C=S) groups is 1. The average molecular weight is 396 g/mol. The summed E-state index contributed by atoms with van der Waals surface area (Å²) >= 11 is 6.88. The largest absolute Gasteiger partial charge is 0.295 e. The van der Waals surface area contributed by atoms with Crippen LogP contribution < -0.4 is 4.90 Å². The average Bonchev–Trinajstić information content (AvgIpc) is 3.03. The predicted molar refractivity (Wildman–Crippen MR) is 115 cm³/mol. The van der Waals surface area contributed by atoms with E-state index in [-0.39, 0.29) is 17.1 Å². The highest BCUT2D eigenvalue weighted by Crippen LogP contribution is 2.43. The van der Waals surface area contributed by atoms with Crippen LogP contribution in [0.15, 0.2) is 60.7 Å². The van der Waals surface area contributed by atoms with Crippen LogP contribution in [0.5, 0.6) is 0 Å². The zero-order chi connectivity index (χ0) is 19.0. The van der Waals surface area contributed by atoms with Gasteiger partial charge >= 0.3 is 0 Å². The molecule has 0 radical (unpaired) electrons. The Bertz CT molecular complexity index is 978. The standard InChI is InChI=1S/C22H18FNOS2/c1-14-11-17(16-3-2-4-19(26)12-16)7-10-20(14)24-21(25)13-27-22(24)15-5-8-18(23)9-6-15/h2-3,5-12,22H,4,13H2,1H3. The van der Waals surface area contributed by atoms with Crippen LogP contribution in [-0.4, -0.2) is 16.5 Å². The van der Waals surface area contributed by atoms with Crippen molar-refractivity contribution in [1.82, 2.24) is 0 Å². The van der Waals surface area contributed by atoms with E-state index in [4.69, 9.17) is 12.2 Å². The maximum atomic E-state index is 13.3. The van der Waals surface area contributed by atoms with E-state index >= 15 is 0 Å². The first-order chi connectivity index (χ1) is 13.0. The molecule has 0 saturated carbocycles. The highest BCUT2D eigenvalue weighted by molar-refractivity contribution is 8.00. The molecule has 27 heavy (non-hydrogen) atoms. The number of carbonyl (C=O) groups is 1. The van der Waals surface area contributed by atoms with Gasteiger partial charge in [-0.1, -0.05) is 42.6 Å². The Balaban J connectivity index is 1.69.